The van der Waals surface area contributed by atoms with Gasteiger partial charge in [0.1, 0.15) is 5.82 Å². The summed E-state index contributed by atoms with van der Waals surface area (Å²) in [6, 6.07) is 7.18. The first-order chi connectivity index (χ1) is 13.5. The highest BCUT2D eigenvalue weighted by Gasteiger charge is 2.28. The number of halogens is 1. The van der Waals surface area contributed by atoms with E-state index in [-0.39, 0.29) is 24.4 Å². The quantitative estimate of drug-likeness (QED) is 0.686. The number of carbonyl (C=O) groups excluding carboxylic acids is 2. The highest BCUT2D eigenvalue weighted by molar-refractivity contribution is 5.93. The number of nitrogens with two attached hydrogens (primary N) is 1. The lowest BCUT2D eigenvalue weighted by atomic mass is 10.1. The van der Waals surface area contributed by atoms with E-state index in [1.807, 2.05) is 12.1 Å². The van der Waals surface area contributed by atoms with Crippen LogP contribution >= 0.6 is 12.4 Å². The molecule has 1 unspecified atom stereocenters. The van der Waals surface area contributed by atoms with Gasteiger partial charge in [-0.05, 0) is 31.5 Å². The molecule has 3 heterocycles. The van der Waals surface area contributed by atoms with Crippen LogP contribution in [0.25, 0.3) is 11.4 Å². The van der Waals surface area contributed by atoms with Gasteiger partial charge in [0, 0.05) is 49.3 Å². The smallest absolute Gasteiger partial charge is 0.248 e. The third-order valence-electron chi connectivity index (χ3n) is 5.24. The molecule has 4 rings (SSSR count). The van der Waals surface area contributed by atoms with E-state index in [0.717, 1.165) is 49.6 Å². The number of anilines is 1. The number of benzene rings is 1. The Balaban J connectivity index is 0.00000240. The molecule has 1 saturated heterocycles. The van der Waals surface area contributed by atoms with Gasteiger partial charge in [-0.1, -0.05) is 12.1 Å². The first-order valence-corrected chi connectivity index (χ1v) is 9.54. The normalized spacial score (nSPS) is 18.0. The molecule has 0 aliphatic carbocycles. The summed E-state index contributed by atoms with van der Waals surface area (Å²) >= 11 is 0. The van der Waals surface area contributed by atoms with Crippen molar-refractivity contribution in [3.63, 3.8) is 0 Å². The van der Waals surface area contributed by atoms with Crippen molar-refractivity contribution in [2.45, 2.75) is 32.4 Å². The van der Waals surface area contributed by atoms with Crippen molar-refractivity contribution in [1.82, 2.24) is 20.6 Å². The maximum absolute atomic E-state index is 11.4. The highest BCUT2D eigenvalue weighted by atomic mass is 35.5. The lowest BCUT2D eigenvalue weighted by Gasteiger charge is -2.26. The van der Waals surface area contributed by atoms with Crippen molar-refractivity contribution in [3.8, 4) is 11.4 Å². The number of hydrogen-bond donors (Lipinski definition) is 3. The largest absolute Gasteiger partial charge is 0.366 e. The van der Waals surface area contributed by atoms with Crippen LogP contribution in [0.3, 0.4) is 0 Å². The van der Waals surface area contributed by atoms with Crippen molar-refractivity contribution in [2.75, 3.05) is 24.5 Å². The third kappa shape index (κ3) is 4.49. The second-order valence-corrected chi connectivity index (χ2v) is 7.30. The first-order valence-electron chi connectivity index (χ1n) is 9.54. The molecule has 2 aliphatic rings. The lowest BCUT2D eigenvalue weighted by molar-refractivity contribution is -0.119. The average Bonchev–Trinajstić information content (AvgIpc) is 3.14. The van der Waals surface area contributed by atoms with Gasteiger partial charge in [0.25, 0.3) is 0 Å². The maximum Gasteiger partial charge on any atom is 0.248 e. The number of rotatable bonds is 4. The zero-order valence-electron chi connectivity index (χ0n) is 16.3. The fourth-order valence-electron chi connectivity index (χ4n) is 3.87. The Morgan fingerprint density at radius 2 is 2.00 bits per heavy atom. The monoisotopic (exact) mass is 416 g/mol. The van der Waals surface area contributed by atoms with Gasteiger partial charge in [-0.15, -0.1) is 12.4 Å². The van der Waals surface area contributed by atoms with Gasteiger partial charge in [-0.25, -0.2) is 9.97 Å². The SMILES string of the molecule is CC(=O)NC1CCN(c2nc(-c3ccc(C(N)=O)cc3)nc3c2CCNC3)C1.Cl. The summed E-state index contributed by atoms with van der Waals surface area (Å²) in [4.78, 5) is 34.6. The summed E-state index contributed by atoms with van der Waals surface area (Å²) in [7, 11) is 0. The zero-order chi connectivity index (χ0) is 19.7. The van der Waals surface area contributed by atoms with Crippen LogP contribution in [0.15, 0.2) is 24.3 Å². The van der Waals surface area contributed by atoms with Crippen molar-refractivity contribution in [1.29, 1.82) is 0 Å². The van der Waals surface area contributed by atoms with Gasteiger partial charge in [0.2, 0.25) is 11.8 Å². The molecule has 2 aliphatic heterocycles. The number of nitrogens with one attached hydrogen (secondary N) is 2. The van der Waals surface area contributed by atoms with Crippen LogP contribution in [0.5, 0.6) is 0 Å². The molecule has 1 aromatic carbocycles. The maximum atomic E-state index is 11.4. The Morgan fingerprint density at radius 1 is 1.24 bits per heavy atom. The highest BCUT2D eigenvalue weighted by Crippen LogP contribution is 2.29. The summed E-state index contributed by atoms with van der Waals surface area (Å²) < 4.78 is 0. The Hall–Kier alpha value is -2.71. The predicted molar refractivity (Wildman–Crippen MR) is 113 cm³/mol. The van der Waals surface area contributed by atoms with Crippen LogP contribution < -0.4 is 21.3 Å². The second kappa shape index (κ2) is 8.75. The molecule has 8 nitrogen and oxygen atoms in total. The summed E-state index contributed by atoms with van der Waals surface area (Å²) in [6.07, 6.45) is 1.78. The molecule has 2 aromatic rings. The molecule has 4 N–H and O–H groups in total. The average molecular weight is 417 g/mol. The van der Waals surface area contributed by atoms with Gasteiger partial charge in [0.15, 0.2) is 5.82 Å². The fraction of sp³-hybridized carbons (Fsp3) is 0.400. The molecule has 154 valence electrons. The number of primary amides is 1. The molecular weight excluding hydrogens is 392 g/mol. The van der Waals surface area contributed by atoms with Crippen LogP contribution in [-0.2, 0) is 17.8 Å². The van der Waals surface area contributed by atoms with E-state index in [0.29, 0.717) is 17.9 Å². The number of nitrogens with zero attached hydrogens (tertiary/aromatic N) is 3. The van der Waals surface area contributed by atoms with E-state index in [4.69, 9.17) is 15.7 Å². The number of aromatic nitrogens is 2. The Kier molecular flexibility index (Phi) is 6.34. The second-order valence-electron chi connectivity index (χ2n) is 7.30. The van der Waals surface area contributed by atoms with Crippen LogP contribution in [0, 0.1) is 0 Å². The summed E-state index contributed by atoms with van der Waals surface area (Å²) in [6.45, 7) is 4.76. The van der Waals surface area contributed by atoms with E-state index in [9.17, 15) is 9.59 Å². The minimum Gasteiger partial charge on any atom is -0.366 e. The molecule has 0 saturated carbocycles. The van der Waals surface area contributed by atoms with Gasteiger partial charge >= 0.3 is 0 Å². The molecule has 1 fully saturated rings. The molecule has 29 heavy (non-hydrogen) atoms. The first kappa shape index (κ1) is 21.0. The molecule has 1 atom stereocenters. The Morgan fingerprint density at radius 3 is 2.69 bits per heavy atom. The van der Waals surface area contributed by atoms with E-state index in [2.05, 4.69) is 15.5 Å². The molecule has 1 aromatic heterocycles. The molecular formula is C20H25ClN6O2. The lowest BCUT2D eigenvalue weighted by Crippen LogP contribution is -2.36. The van der Waals surface area contributed by atoms with Gasteiger partial charge in [0.05, 0.1) is 5.69 Å². The van der Waals surface area contributed by atoms with Crippen molar-refractivity contribution < 1.29 is 9.59 Å². The zero-order valence-corrected chi connectivity index (χ0v) is 17.1. The Bertz CT molecular complexity index is 918. The summed E-state index contributed by atoms with van der Waals surface area (Å²) in [5.74, 6) is 1.13. The van der Waals surface area contributed by atoms with Gasteiger partial charge < -0.3 is 21.3 Å². The number of amides is 2. The van der Waals surface area contributed by atoms with Gasteiger partial charge in [-0.3, -0.25) is 9.59 Å². The topological polar surface area (TPSA) is 113 Å². The van der Waals surface area contributed by atoms with Crippen molar-refractivity contribution in [3.05, 3.63) is 41.1 Å². The minimum absolute atomic E-state index is 0. The van der Waals surface area contributed by atoms with Crippen molar-refractivity contribution >= 4 is 30.0 Å². The van der Waals surface area contributed by atoms with E-state index < -0.39 is 5.91 Å². The molecule has 0 spiro atoms. The van der Waals surface area contributed by atoms with E-state index in [1.165, 1.54) is 5.56 Å². The van der Waals surface area contributed by atoms with Crippen LogP contribution in [-0.4, -0.2) is 47.5 Å². The molecule has 0 bridgehead atoms. The van der Waals surface area contributed by atoms with E-state index >= 15 is 0 Å². The minimum atomic E-state index is -0.455. The molecule has 2 amide bonds. The van der Waals surface area contributed by atoms with Crippen molar-refractivity contribution in [2.24, 2.45) is 5.73 Å². The van der Waals surface area contributed by atoms with Crippen LogP contribution in [0.2, 0.25) is 0 Å². The summed E-state index contributed by atoms with van der Waals surface area (Å²) in [5.41, 5.74) is 8.82. The third-order valence-corrected chi connectivity index (χ3v) is 5.24. The molecule has 0 radical (unpaired) electrons. The number of carbonyl (C=O) groups is 2. The van der Waals surface area contributed by atoms with E-state index in [1.54, 1.807) is 19.1 Å². The number of hydrogen-bond acceptors (Lipinski definition) is 6. The standard InChI is InChI=1S/C20H24N6O2.ClH/c1-12(27)23-15-7-9-26(11-15)20-16-6-8-22-10-17(16)24-19(25-20)14-4-2-13(3-5-14)18(21)28;/h2-5,15,22H,6-11H2,1H3,(H2,21,28)(H,23,27);1H. The summed E-state index contributed by atoms with van der Waals surface area (Å²) in [5, 5.41) is 6.37. The van der Waals surface area contributed by atoms with Gasteiger partial charge in [-0.2, -0.15) is 0 Å². The fourth-order valence-corrected chi connectivity index (χ4v) is 3.87. The Labute approximate surface area is 175 Å². The predicted octanol–water partition coefficient (Wildman–Crippen LogP) is 1.02. The molecule has 9 heteroatoms. The van der Waals surface area contributed by atoms with Crippen LogP contribution in [0.4, 0.5) is 5.82 Å². The number of fused-ring (bicyclic) bond motifs is 1. The van der Waals surface area contributed by atoms with Crippen LogP contribution in [0.1, 0.15) is 35.0 Å².